The molecule has 0 bridgehead atoms. The lowest BCUT2D eigenvalue weighted by atomic mass is 10.00. The Hall–Kier alpha value is -3.23. The summed E-state index contributed by atoms with van der Waals surface area (Å²) in [7, 11) is 3.90. The van der Waals surface area contributed by atoms with Gasteiger partial charge < -0.3 is 9.80 Å². The first kappa shape index (κ1) is 22.0. The van der Waals surface area contributed by atoms with Crippen molar-refractivity contribution in [2.75, 3.05) is 32.1 Å². The van der Waals surface area contributed by atoms with Crippen LogP contribution in [0.1, 0.15) is 18.4 Å². The van der Waals surface area contributed by atoms with Crippen molar-refractivity contribution in [1.29, 1.82) is 0 Å². The number of nitrogens with zero attached hydrogens (tertiary/aromatic N) is 4. The van der Waals surface area contributed by atoms with Gasteiger partial charge in [-0.3, -0.25) is 19.7 Å². The number of carbonyl (C=O) groups is 2. The molecule has 2 amide bonds. The average Bonchev–Trinajstić information content (AvgIpc) is 3.03. The van der Waals surface area contributed by atoms with Gasteiger partial charge in [0, 0.05) is 30.2 Å². The highest BCUT2D eigenvalue weighted by Gasteiger charge is 2.43. The molecule has 2 heterocycles. The van der Waals surface area contributed by atoms with E-state index in [0.29, 0.717) is 22.0 Å². The Bertz CT molecular complexity index is 1110. The van der Waals surface area contributed by atoms with Crippen LogP contribution in [0.3, 0.4) is 0 Å². The molecule has 0 saturated carbocycles. The van der Waals surface area contributed by atoms with Crippen molar-refractivity contribution in [1.82, 2.24) is 9.80 Å². The van der Waals surface area contributed by atoms with Gasteiger partial charge >= 0.3 is 0 Å². The van der Waals surface area contributed by atoms with E-state index in [1.807, 2.05) is 11.9 Å². The van der Waals surface area contributed by atoms with Gasteiger partial charge in [-0.15, -0.1) is 0 Å². The first-order chi connectivity index (χ1) is 15.3. The van der Waals surface area contributed by atoms with Crippen molar-refractivity contribution in [2.45, 2.75) is 18.9 Å². The minimum Gasteiger partial charge on any atom is -0.366 e. The lowest BCUT2D eigenvalue weighted by Crippen LogP contribution is -2.43. The molecule has 0 atom stereocenters. The Morgan fingerprint density at radius 2 is 1.72 bits per heavy atom. The maximum absolute atomic E-state index is 13.6. The summed E-state index contributed by atoms with van der Waals surface area (Å²) in [6.07, 6.45) is 1.73. The van der Waals surface area contributed by atoms with Gasteiger partial charge in [-0.2, -0.15) is 0 Å². The zero-order chi connectivity index (χ0) is 23.0. The van der Waals surface area contributed by atoms with Crippen LogP contribution in [0.4, 0.5) is 11.4 Å². The number of imide groups is 1. The number of hydrogen-bond acceptors (Lipinski definition) is 6. The lowest BCUT2D eigenvalue weighted by molar-refractivity contribution is -0.384. The van der Waals surface area contributed by atoms with Crippen LogP contribution in [0.5, 0.6) is 0 Å². The maximum atomic E-state index is 13.6. The number of piperidine rings is 1. The Labute approximate surface area is 190 Å². The molecule has 1 fully saturated rings. The normalized spacial score (nSPS) is 17.9. The highest BCUT2D eigenvalue weighted by Crippen LogP contribution is 2.37. The van der Waals surface area contributed by atoms with E-state index < -0.39 is 16.7 Å². The molecule has 1 saturated heterocycles. The van der Waals surface area contributed by atoms with Gasteiger partial charge in [-0.25, -0.2) is 4.90 Å². The summed E-state index contributed by atoms with van der Waals surface area (Å²) >= 11 is 6.11. The van der Waals surface area contributed by atoms with Crippen LogP contribution in [-0.4, -0.2) is 59.8 Å². The standard InChI is InChI=1S/C23H23ClN4O4/c1-25-12-10-17(11-13-25)26(2)21-20(15-6-8-18(9-7-15)28(31)32)22(29)27(23(21)30)19-5-3-4-16(24)14-19/h3-9,14,17H,10-13H2,1-2H3. The molecular formula is C23H23ClN4O4. The number of nitro benzene ring substituents is 1. The van der Waals surface area contributed by atoms with Crippen molar-refractivity contribution < 1.29 is 14.5 Å². The van der Waals surface area contributed by atoms with E-state index in [4.69, 9.17) is 11.6 Å². The Balaban J connectivity index is 1.79. The molecule has 8 nitrogen and oxygen atoms in total. The van der Waals surface area contributed by atoms with E-state index in [9.17, 15) is 19.7 Å². The number of halogens is 1. The van der Waals surface area contributed by atoms with Crippen LogP contribution in [0, 0.1) is 10.1 Å². The topological polar surface area (TPSA) is 87.0 Å². The van der Waals surface area contributed by atoms with Gasteiger partial charge in [0.05, 0.1) is 16.2 Å². The highest BCUT2D eigenvalue weighted by molar-refractivity contribution is 6.45. The molecule has 4 rings (SSSR count). The summed E-state index contributed by atoms with van der Waals surface area (Å²) in [6.45, 7) is 1.80. The third-order valence-corrected chi connectivity index (χ3v) is 6.32. The van der Waals surface area contributed by atoms with Gasteiger partial charge in [-0.1, -0.05) is 17.7 Å². The van der Waals surface area contributed by atoms with E-state index in [0.717, 1.165) is 30.8 Å². The molecule has 2 aromatic carbocycles. The number of benzene rings is 2. The van der Waals surface area contributed by atoms with Gasteiger partial charge in [0.2, 0.25) is 0 Å². The third-order valence-electron chi connectivity index (χ3n) is 6.08. The second-order valence-corrected chi connectivity index (χ2v) is 8.53. The zero-order valence-electron chi connectivity index (χ0n) is 17.8. The highest BCUT2D eigenvalue weighted by atomic mass is 35.5. The fourth-order valence-corrected chi connectivity index (χ4v) is 4.45. The maximum Gasteiger partial charge on any atom is 0.282 e. The summed E-state index contributed by atoms with van der Waals surface area (Å²) in [4.78, 5) is 42.9. The Kier molecular flexibility index (Phi) is 5.99. The van der Waals surface area contributed by atoms with E-state index in [-0.39, 0.29) is 17.3 Å². The fraction of sp³-hybridized carbons (Fsp3) is 0.304. The number of amides is 2. The van der Waals surface area contributed by atoms with E-state index in [2.05, 4.69) is 11.9 Å². The number of hydrogen-bond donors (Lipinski definition) is 0. The van der Waals surface area contributed by atoms with Crippen LogP contribution in [0.25, 0.3) is 5.57 Å². The lowest BCUT2D eigenvalue weighted by Gasteiger charge is -2.36. The second kappa shape index (κ2) is 8.72. The smallest absolute Gasteiger partial charge is 0.282 e. The molecule has 166 valence electrons. The SMILES string of the molecule is CN1CCC(N(C)C2=C(c3ccc([N+](=O)[O-])cc3)C(=O)N(c3cccc(Cl)c3)C2=O)CC1. The van der Waals surface area contributed by atoms with Crippen LogP contribution < -0.4 is 4.90 Å². The third kappa shape index (κ3) is 3.99. The Morgan fingerprint density at radius 3 is 2.31 bits per heavy atom. The van der Waals surface area contributed by atoms with Crippen molar-refractivity contribution in [2.24, 2.45) is 0 Å². The predicted molar refractivity (Wildman–Crippen MR) is 122 cm³/mol. The van der Waals surface area contributed by atoms with Crippen LogP contribution >= 0.6 is 11.6 Å². The first-order valence-corrected chi connectivity index (χ1v) is 10.7. The van der Waals surface area contributed by atoms with Gasteiger partial charge in [0.15, 0.2) is 0 Å². The molecule has 2 aliphatic heterocycles. The monoisotopic (exact) mass is 454 g/mol. The van der Waals surface area contributed by atoms with E-state index in [1.165, 1.54) is 24.3 Å². The van der Waals surface area contributed by atoms with E-state index >= 15 is 0 Å². The second-order valence-electron chi connectivity index (χ2n) is 8.10. The fourth-order valence-electron chi connectivity index (χ4n) is 4.27. The first-order valence-electron chi connectivity index (χ1n) is 10.3. The molecule has 0 spiro atoms. The predicted octanol–water partition coefficient (Wildman–Crippen LogP) is 3.56. The summed E-state index contributed by atoms with van der Waals surface area (Å²) in [5.74, 6) is -0.895. The van der Waals surface area contributed by atoms with Gasteiger partial charge in [0.25, 0.3) is 17.5 Å². The van der Waals surface area contributed by atoms with Crippen molar-refractivity contribution >= 4 is 40.4 Å². The summed E-state index contributed by atoms with van der Waals surface area (Å²) in [5.41, 5.74) is 1.32. The minimum atomic E-state index is -0.496. The zero-order valence-corrected chi connectivity index (χ0v) is 18.6. The number of rotatable bonds is 5. The number of non-ortho nitro benzene ring substituents is 1. The summed E-state index contributed by atoms with van der Waals surface area (Å²) < 4.78 is 0. The molecule has 2 aromatic rings. The summed E-state index contributed by atoms with van der Waals surface area (Å²) in [6, 6.07) is 12.4. The molecule has 0 N–H and O–H groups in total. The van der Waals surface area contributed by atoms with Crippen LogP contribution in [0.15, 0.2) is 54.2 Å². The number of nitro groups is 1. The molecule has 9 heteroatoms. The average molecular weight is 455 g/mol. The van der Waals surface area contributed by atoms with E-state index in [1.54, 1.807) is 24.3 Å². The molecule has 0 unspecified atom stereocenters. The molecule has 0 aliphatic carbocycles. The molecular weight excluding hydrogens is 432 g/mol. The van der Waals surface area contributed by atoms with Gasteiger partial charge in [0.1, 0.15) is 5.70 Å². The molecule has 0 aromatic heterocycles. The van der Waals surface area contributed by atoms with Crippen LogP contribution in [0.2, 0.25) is 5.02 Å². The number of carbonyl (C=O) groups excluding carboxylic acids is 2. The van der Waals surface area contributed by atoms with Crippen LogP contribution in [-0.2, 0) is 9.59 Å². The van der Waals surface area contributed by atoms with Crippen molar-refractivity contribution in [3.05, 3.63) is 74.9 Å². The van der Waals surface area contributed by atoms with Crippen molar-refractivity contribution in [3.63, 3.8) is 0 Å². The number of likely N-dealkylation sites (N-methyl/N-ethyl adjacent to an activating group) is 1. The van der Waals surface area contributed by atoms with Gasteiger partial charge in [-0.05, 0) is 68.9 Å². The Morgan fingerprint density at radius 1 is 1.06 bits per heavy atom. The molecule has 32 heavy (non-hydrogen) atoms. The molecule has 0 radical (unpaired) electrons. The largest absolute Gasteiger partial charge is 0.366 e. The minimum absolute atomic E-state index is 0.0805. The quantitative estimate of drug-likeness (QED) is 0.390. The van der Waals surface area contributed by atoms with Crippen molar-refractivity contribution in [3.8, 4) is 0 Å². The number of likely N-dealkylation sites (tertiary alicyclic amines) is 1. The molecule has 2 aliphatic rings. The number of anilines is 1. The summed E-state index contributed by atoms with van der Waals surface area (Å²) in [5, 5.41) is 11.5.